The molecule has 0 bridgehead atoms. The first-order valence-corrected chi connectivity index (χ1v) is 6.18. The van der Waals surface area contributed by atoms with E-state index in [9.17, 15) is 13.6 Å². The van der Waals surface area contributed by atoms with Crippen LogP contribution in [0.2, 0.25) is 0 Å². The largest absolute Gasteiger partial charge is 0.396 e. The number of carbonyl (C=O) groups excluding carboxylic acids is 1. The summed E-state index contributed by atoms with van der Waals surface area (Å²) in [6, 6.07) is 1.70. The number of rotatable bonds is 4. The molecule has 1 aliphatic rings. The van der Waals surface area contributed by atoms with Crippen molar-refractivity contribution in [2.45, 2.75) is 12.8 Å². The van der Waals surface area contributed by atoms with E-state index in [-0.39, 0.29) is 11.3 Å². The smallest absolute Gasteiger partial charge is 0.254 e. The first kappa shape index (κ1) is 13.7. The zero-order valence-corrected chi connectivity index (χ0v) is 10.4. The molecule has 1 atom stereocenters. The standard InChI is InChI=1S/C13H16F2N2O2/c14-9-5-10(12(15)11(16)6-9)13(18)17-3-1-8-2-4-19-7-8/h5-6,8H,1-4,7,16H2,(H,17,18). The minimum Gasteiger partial charge on any atom is -0.396 e. The summed E-state index contributed by atoms with van der Waals surface area (Å²) in [5, 5.41) is 2.56. The number of benzene rings is 1. The first-order valence-electron chi connectivity index (χ1n) is 6.18. The molecule has 1 fully saturated rings. The van der Waals surface area contributed by atoms with Crippen molar-refractivity contribution in [3.63, 3.8) is 0 Å². The summed E-state index contributed by atoms with van der Waals surface area (Å²) in [6.07, 6.45) is 1.73. The van der Waals surface area contributed by atoms with E-state index in [1.165, 1.54) is 0 Å². The maximum Gasteiger partial charge on any atom is 0.254 e. The van der Waals surface area contributed by atoms with E-state index in [4.69, 9.17) is 10.5 Å². The van der Waals surface area contributed by atoms with Crippen LogP contribution >= 0.6 is 0 Å². The molecule has 0 spiro atoms. The summed E-state index contributed by atoms with van der Waals surface area (Å²) in [7, 11) is 0. The lowest BCUT2D eigenvalue weighted by molar-refractivity contribution is 0.0946. The molecule has 1 saturated heterocycles. The molecule has 1 heterocycles. The fourth-order valence-corrected chi connectivity index (χ4v) is 2.07. The average molecular weight is 270 g/mol. The zero-order chi connectivity index (χ0) is 13.8. The molecule has 2 rings (SSSR count). The van der Waals surface area contributed by atoms with Gasteiger partial charge in [-0.2, -0.15) is 0 Å². The Balaban J connectivity index is 1.92. The lowest BCUT2D eigenvalue weighted by atomic mass is 10.1. The molecule has 1 aromatic carbocycles. The van der Waals surface area contributed by atoms with E-state index in [0.717, 1.165) is 31.6 Å². The van der Waals surface area contributed by atoms with Gasteiger partial charge in [-0.15, -0.1) is 0 Å². The van der Waals surface area contributed by atoms with Crippen LogP contribution in [-0.4, -0.2) is 25.7 Å². The highest BCUT2D eigenvalue weighted by Gasteiger charge is 2.18. The van der Waals surface area contributed by atoms with Crippen molar-refractivity contribution >= 4 is 11.6 Å². The van der Waals surface area contributed by atoms with Crippen molar-refractivity contribution in [1.82, 2.24) is 5.32 Å². The lowest BCUT2D eigenvalue weighted by Gasteiger charge is -2.10. The Hall–Kier alpha value is -1.69. The number of nitrogens with one attached hydrogen (secondary N) is 1. The summed E-state index contributed by atoms with van der Waals surface area (Å²) in [4.78, 5) is 11.7. The molecule has 1 amide bonds. The predicted octanol–water partition coefficient (Wildman–Crippen LogP) is 1.70. The van der Waals surface area contributed by atoms with E-state index in [2.05, 4.69) is 5.32 Å². The van der Waals surface area contributed by atoms with Crippen LogP contribution in [0.4, 0.5) is 14.5 Å². The Morgan fingerprint density at radius 3 is 2.95 bits per heavy atom. The Morgan fingerprint density at radius 1 is 1.47 bits per heavy atom. The molecule has 0 radical (unpaired) electrons. The second kappa shape index (κ2) is 5.97. The normalized spacial score (nSPS) is 18.5. The maximum absolute atomic E-state index is 13.6. The molecule has 1 aromatic rings. The second-order valence-corrected chi connectivity index (χ2v) is 4.63. The summed E-state index contributed by atoms with van der Waals surface area (Å²) in [5.74, 6) is -1.85. The molecule has 0 saturated carbocycles. The third-order valence-corrected chi connectivity index (χ3v) is 3.17. The first-order chi connectivity index (χ1) is 9.08. The third-order valence-electron chi connectivity index (χ3n) is 3.17. The van der Waals surface area contributed by atoms with Crippen molar-refractivity contribution in [3.8, 4) is 0 Å². The number of nitrogens with two attached hydrogens (primary N) is 1. The van der Waals surface area contributed by atoms with Crippen LogP contribution in [0.3, 0.4) is 0 Å². The zero-order valence-electron chi connectivity index (χ0n) is 10.4. The number of halogens is 2. The van der Waals surface area contributed by atoms with Gasteiger partial charge in [-0.3, -0.25) is 4.79 Å². The highest BCUT2D eigenvalue weighted by Crippen LogP contribution is 2.18. The highest BCUT2D eigenvalue weighted by atomic mass is 19.1. The van der Waals surface area contributed by atoms with Gasteiger partial charge in [0.1, 0.15) is 5.82 Å². The molecular formula is C13H16F2N2O2. The number of carbonyl (C=O) groups is 1. The van der Waals surface area contributed by atoms with Crippen LogP contribution in [0.5, 0.6) is 0 Å². The van der Waals surface area contributed by atoms with Gasteiger partial charge >= 0.3 is 0 Å². The van der Waals surface area contributed by atoms with Gasteiger partial charge in [-0.25, -0.2) is 8.78 Å². The molecule has 0 aromatic heterocycles. The summed E-state index contributed by atoms with van der Waals surface area (Å²) in [5.41, 5.74) is 4.55. The van der Waals surface area contributed by atoms with E-state index in [0.29, 0.717) is 19.1 Å². The molecule has 6 heteroatoms. The van der Waals surface area contributed by atoms with Gasteiger partial charge in [-0.05, 0) is 30.9 Å². The molecule has 19 heavy (non-hydrogen) atoms. The number of nitrogen functional groups attached to an aromatic ring is 1. The summed E-state index contributed by atoms with van der Waals surface area (Å²) >= 11 is 0. The number of hydrogen-bond acceptors (Lipinski definition) is 3. The molecule has 0 aliphatic carbocycles. The predicted molar refractivity (Wildman–Crippen MR) is 66.6 cm³/mol. The molecule has 1 aliphatic heterocycles. The quantitative estimate of drug-likeness (QED) is 0.818. The van der Waals surface area contributed by atoms with Crippen molar-refractivity contribution in [2.24, 2.45) is 5.92 Å². The molecule has 3 N–H and O–H groups in total. The summed E-state index contributed by atoms with van der Waals surface area (Å²) < 4.78 is 31.9. The SMILES string of the molecule is Nc1cc(F)cc(C(=O)NCCC2CCOC2)c1F. The number of ether oxygens (including phenoxy) is 1. The van der Waals surface area contributed by atoms with Gasteiger partial charge in [0.25, 0.3) is 5.91 Å². The van der Waals surface area contributed by atoms with Crippen molar-refractivity contribution < 1.29 is 18.3 Å². The molecule has 4 nitrogen and oxygen atoms in total. The van der Waals surface area contributed by atoms with Gasteiger partial charge < -0.3 is 15.8 Å². The number of anilines is 1. The van der Waals surface area contributed by atoms with Crippen LogP contribution < -0.4 is 11.1 Å². The fourth-order valence-electron chi connectivity index (χ4n) is 2.07. The minimum atomic E-state index is -0.886. The van der Waals surface area contributed by atoms with Crippen LogP contribution in [0, 0.1) is 17.6 Å². The van der Waals surface area contributed by atoms with Gasteiger partial charge in [0.05, 0.1) is 11.3 Å². The van der Waals surface area contributed by atoms with Gasteiger partial charge in [0, 0.05) is 19.8 Å². The molecule has 104 valence electrons. The Labute approximate surface area is 109 Å². The van der Waals surface area contributed by atoms with Crippen LogP contribution in [0.25, 0.3) is 0 Å². The van der Waals surface area contributed by atoms with Crippen molar-refractivity contribution in [2.75, 3.05) is 25.5 Å². The van der Waals surface area contributed by atoms with Crippen molar-refractivity contribution in [3.05, 3.63) is 29.3 Å². The average Bonchev–Trinajstić information content (AvgIpc) is 2.86. The topological polar surface area (TPSA) is 64.4 Å². The van der Waals surface area contributed by atoms with E-state index >= 15 is 0 Å². The molecular weight excluding hydrogens is 254 g/mol. The molecule has 1 unspecified atom stereocenters. The maximum atomic E-state index is 13.6. The lowest BCUT2D eigenvalue weighted by Crippen LogP contribution is -2.27. The summed E-state index contributed by atoms with van der Waals surface area (Å²) in [6.45, 7) is 1.84. The Bertz CT molecular complexity index is 474. The van der Waals surface area contributed by atoms with Gasteiger partial charge in [0.15, 0.2) is 5.82 Å². The Kier molecular flexibility index (Phi) is 4.31. The van der Waals surface area contributed by atoms with Crippen LogP contribution in [0.15, 0.2) is 12.1 Å². The monoisotopic (exact) mass is 270 g/mol. The number of hydrogen-bond donors (Lipinski definition) is 2. The van der Waals surface area contributed by atoms with E-state index in [1.54, 1.807) is 0 Å². The van der Waals surface area contributed by atoms with Gasteiger partial charge in [-0.1, -0.05) is 0 Å². The van der Waals surface area contributed by atoms with Crippen LogP contribution in [-0.2, 0) is 4.74 Å². The van der Waals surface area contributed by atoms with Gasteiger partial charge in [0.2, 0.25) is 0 Å². The van der Waals surface area contributed by atoms with E-state index in [1.807, 2.05) is 0 Å². The minimum absolute atomic E-state index is 0.361. The fraction of sp³-hybridized carbons (Fsp3) is 0.462. The Morgan fingerprint density at radius 2 is 2.26 bits per heavy atom. The third kappa shape index (κ3) is 3.41. The highest BCUT2D eigenvalue weighted by molar-refractivity contribution is 5.95. The van der Waals surface area contributed by atoms with Crippen molar-refractivity contribution in [1.29, 1.82) is 0 Å². The number of amides is 1. The second-order valence-electron chi connectivity index (χ2n) is 4.63. The van der Waals surface area contributed by atoms with E-state index < -0.39 is 17.5 Å². The van der Waals surface area contributed by atoms with Crippen LogP contribution in [0.1, 0.15) is 23.2 Å².